The van der Waals surface area contributed by atoms with Gasteiger partial charge in [-0.3, -0.25) is 0 Å². The quantitative estimate of drug-likeness (QED) is 0.738. The van der Waals surface area contributed by atoms with Gasteiger partial charge in [0.25, 0.3) is 0 Å². The van der Waals surface area contributed by atoms with E-state index in [1.807, 2.05) is 18.2 Å². The van der Waals surface area contributed by atoms with Crippen LogP contribution in [0.2, 0.25) is 5.02 Å². The highest BCUT2D eigenvalue weighted by molar-refractivity contribution is 6.30. The van der Waals surface area contributed by atoms with E-state index in [9.17, 15) is 4.79 Å². The van der Waals surface area contributed by atoms with Gasteiger partial charge in [-0.25, -0.2) is 4.79 Å². The lowest BCUT2D eigenvalue weighted by atomic mass is 10.1. The van der Waals surface area contributed by atoms with Crippen molar-refractivity contribution in [3.63, 3.8) is 0 Å². The van der Waals surface area contributed by atoms with E-state index >= 15 is 0 Å². The number of carbonyl (C=O) groups is 1. The van der Waals surface area contributed by atoms with Crippen LogP contribution in [0, 0.1) is 0 Å². The average molecular weight is 379 g/mol. The number of hydrogen-bond acceptors (Lipinski definition) is 4. The molecule has 0 aliphatic rings. The Kier molecular flexibility index (Phi) is 7.41. The molecule has 2 rings (SSSR count). The third kappa shape index (κ3) is 5.46. The van der Waals surface area contributed by atoms with E-state index in [0.29, 0.717) is 41.8 Å². The zero-order chi connectivity index (χ0) is 18.9. The lowest BCUT2D eigenvalue weighted by Gasteiger charge is -2.14. The summed E-state index contributed by atoms with van der Waals surface area (Å²) in [5, 5.41) is 6.30. The maximum Gasteiger partial charge on any atom is 0.315 e. The summed E-state index contributed by atoms with van der Waals surface area (Å²) in [6, 6.07) is 10.7. The summed E-state index contributed by atoms with van der Waals surface area (Å²) in [6.07, 6.45) is 0.595. The Morgan fingerprint density at radius 1 is 0.923 bits per heavy atom. The Morgan fingerprint density at radius 2 is 1.54 bits per heavy atom. The second kappa shape index (κ2) is 9.77. The highest BCUT2D eigenvalue weighted by Crippen LogP contribution is 2.34. The topological polar surface area (TPSA) is 68.8 Å². The lowest BCUT2D eigenvalue weighted by Crippen LogP contribution is -2.36. The molecule has 0 fully saturated rings. The molecule has 0 saturated carbocycles. The number of benzene rings is 2. The molecular weight excluding hydrogens is 356 g/mol. The first-order chi connectivity index (χ1) is 12.6. The number of carbonyl (C=O) groups excluding carboxylic acids is 1. The van der Waals surface area contributed by atoms with Gasteiger partial charge in [0.05, 0.1) is 21.3 Å². The Hall–Kier alpha value is -2.60. The molecule has 6 nitrogen and oxygen atoms in total. The van der Waals surface area contributed by atoms with Gasteiger partial charge in [-0.05, 0) is 35.7 Å². The summed E-state index contributed by atoms with van der Waals surface area (Å²) >= 11 is 5.84. The van der Waals surface area contributed by atoms with Gasteiger partial charge in [-0.1, -0.05) is 23.7 Å². The van der Waals surface area contributed by atoms with Gasteiger partial charge in [0.15, 0.2) is 11.5 Å². The number of ether oxygens (including phenoxy) is 3. The second-order valence-corrected chi connectivity index (χ2v) is 5.94. The number of hydrogen-bond donors (Lipinski definition) is 2. The zero-order valence-electron chi connectivity index (χ0n) is 15.1. The molecule has 0 saturated heterocycles. The molecule has 2 aromatic carbocycles. The van der Waals surface area contributed by atoms with Crippen LogP contribution in [0.1, 0.15) is 11.1 Å². The standard InChI is InChI=1S/C19H23ClN2O4/c1-24-16-11-18(26-3)17(25-2)10-14(16)8-9-21-19(23)22-12-13-4-6-15(20)7-5-13/h4-7,10-11H,8-9,12H2,1-3H3,(H2,21,22,23). The normalized spacial score (nSPS) is 10.2. The minimum atomic E-state index is -0.237. The summed E-state index contributed by atoms with van der Waals surface area (Å²) < 4.78 is 16.0. The van der Waals surface area contributed by atoms with Crippen molar-refractivity contribution in [2.45, 2.75) is 13.0 Å². The molecule has 0 aliphatic heterocycles. The first kappa shape index (κ1) is 19.7. The summed E-state index contributed by atoms with van der Waals surface area (Å²) in [7, 11) is 4.75. The first-order valence-corrected chi connectivity index (χ1v) is 8.50. The maximum atomic E-state index is 11.9. The minimum Gasteiger partial charge on any atom is -0.496 e. The Balaban J connectivity index is 1.86. The number of amides is 2. The van der Waals surface area contributed by atoms with Crippen molar-refractivity contribution in [1.29, 1.82) is 0 Å². The van der Waals surface area contributed by atoms with Crippen molar-refractivity contribution in [2.24, 2.45) is 0 Å². The molecule has 0 spiro atoms. The molecule has 7 heteroatoms. The minimum absolute atomic E-state index is 0.237. The second-order valence-electron chi connectivity index (χ2n) is 5.50. The Bertz CT molecular complexity index is 735. The molecule has 2 aromatic rings. The molecule has 0 radical (unpaired) electrons. The van der Waals surface area contributed by atoms with Crippen LogP contribution in [0.4, 0.5) is 4.79 Å². The predicted molar refractivity (Wildman–Crippen MR) is 101 cm³/mol. The smallest absolute Gasteiger partial charge is 0.315 e. The number of rotatable bonds is 8. The largest absolute Gasteiger partial charge is 0.496 e. The predicted octanol–water partition coefficient (Wildman–Crippen LogP) is 3.41. The fourth-order valence-electron chi connectivity index (χ4n) is 2.45. The van der Waals surface area contributed by atoms with Crippen LogP contribution in [0.15, 0.2) is 36.4 Å². The van der Waals surface area contributed by atoms with Crippen LogP contribution in [0.3, 0.4) is 0 Å². The summed E-state index contributed by atoms with van der Waals surface area (Å²) in [6.45, 7) is 0.890. The Labute approximate surface area is 158 Å². The van der Waals surface area contributed by atoms with Gasteiger partial charge >= 0.3 is 6.03 Å². The fourth-order valence-corrected chi connectivity index (χ4v) is 2.57. The maximum absolute atomic E-state index is 11.9. The highest BCUT2D eigenvalue weighted by atomic mass is 35.5. The number of nitrogens with one attached hydrogen (secondary N) is 2. The van der Waals surface area contributed by atoms with Crippen molar-refractivity contribution < 1.29 is 19.0 Å². The molecule has 0 unspecified atom stereocenters. The van der Waals surface area contributed by atoms with Gasteiger partial charge in [-0.2, -0.15) is 0 Å². The SMILES string of the molecule is COc1cc(OC)c(OC)cc1CCNC(=O)NCc1ccc(Cl)cc1. The molecule has 26 heavy (non-hydrogen) atoms. The summed E-state index contributed by atoms with van der Waals surface area (Å²) in [5.74, 6) is 1.91. The van der Waals surface area contributed by atoms with Gasteiger partial charge in [-0.15, -0.1) is 0 Å². The van der Waals surface area contributed by atoms with Crippen molar-refractivity contribution in [3.8, 4) is 17.2 Å². The van der Waals surface area contributed by atoms with E-state index in [2.05, 4.69) is 10.6 Å². The first-order valence-electron chi connectivity index (χ1n) is 8.12. The van der Waals surface area contributed by atoms with E-state index in [-0.39, 0.29) is 6.03 Å². The molecule has 0 aromatic heterocycles. The van der Waals surface area contributed by atoms with Crippen LogP contribution in [0.25, 0.3) is 0 Å². The van der Waals surface area contributed by atoms with Crippen LogP contribution in [0.5, 0.6) is 17.2 Å². The van der Waals surface area contributed by atoms with E-state index < -0.39 is 0 Å². The molecule has 0 bridgehead atoms. The lowest BCUT2D eigenvalue weighted by molar-refractivity contribution is 0.240. The monoisotopic (exact) mass is 378 g/mol. The van der Waals surface area contributed by atoms with E-state index in [0.717, 1.165) is 11.1 Å². The van der Waals surface area contributed by atoms with Crippen LogP contribution in [-0.2, 0) is 13.0 Å². The molecule has 0 atom stereocenters. The van der Waals surface area contributed by atoms with E-state index in [1.165, 1.54) is 0 Å². The highest BCUT2D eigenvalue weighted by Gasteiger charge is 2.12. The molecule has 2 amide bonds. The van der Waals surface area contributed by atoms with Crippen LogP contribution >= 0.6 is 11.6 Å². The van der Waals surface area contributed by atoms with Crippen LogP contribution < -0.4 is 24.8 Å². The van der Waals surface area contributed by atoms with E-state index in [1.54, 1.807) is 39.5 Å². The van der Waals surface area contributed by atoms with E-state index in [4.69, 9.17) is 25.8 Å². The van der Waals surface area contributed by atoms with Crippen LogP contribution in [-0.4, -0.2) is 33.9 Å². The molecular formula is C19H23ClN2O4. The summed E-state index contributed by atoms with van der Waals surface area (Å²) in [5.41, 5.74) is 1.90. The third-order valence-electron chi connectivity index (χ3n) is 3.83. The molecule has 0 aliphatic carbocycles. The number of halogens is 1. The Morgan fingerprint density at radius 3 is 2.15 bits per heavy atom. The zero-order valence-corrected chi connectivity index (χ0v) is 15.9. The molecule has 2 N–H and O–H groups in total. The third-order valence-corrected chi connectivity index (χ3v) is 4.08. The van der Waals surface area contributed by atoms with Gasteiger partial charge in [0.2, 0.25) is 0 Å². The van der Waals surface area contributed by atoms with Crippen molar-refractivity contribution in [3.05, 3.63) is 52.5 Å². The van der Waals surface area contributed by atoms with Gasteiger partial charge < -0.3 is 24.8 Å². The van der Waals surface area contributed by atoms with Crippen molar-refractivity contribution >= 4 is 17.6 Å². The summed E-state index contributed by atoms with van der Waals surface area (Å²) in [4.78, 5) is 11.9. The molecule has 140 valence electrons. The van der Waals surface area contributed by atoms with Gasteiger partial charge in [0, 0.05) is 24.2 Å². The number of urea groups is 1. The van der Waals surface area contributed by atoms with Gasteiger partial charge in [0.1, 0.15) is 5.75 Å². The van der Waals surface area contributed by atoms with Crippen molar-refractivity contribution in [1.82, 2.24) is 10.6 Å². The average Bonchev–Trinajstić information content (AvgIpc) is 2.67. The molecule has 0 heterocycles. The van der Waals surface area contributed by atoms with Crippen molar-refractivity contribution in [2.75, 3.05) is 27.9 Å². The number of methoxy groups -OCH3 is 3. The fraction of sp³-hybridized carbons (Fsp3) is 0.316.